The lowest BCUT2D eigenvalue weighted by atomic mass is 10.1. The van der Waals surface area contributed by atoms with E-state index in [-0.39, 0.29) is 10.6 Å². The Kier molecular flexibility index (Phi) is 5.21. The van der Waals surface area contributed by atoms with Crippen LogP contribution in [0.15, 0.2) is 45.8 Å². The summed E-state index contributed by atoms with van der Waals surface area (Å²) in [7, 11) is -2.33. The van der Waals surface area contributed by atoms with Crippen LogP contribution in [0, 0.1) is 0 Å². The Hall–Kier alpha value is -1.77. The van der Waals surface area contributed by atoms with Crippen LogP contribution in [0.4, 0.5) is 0 Å². The molecular weight excluding hydrogens is 410 g/mol. The molecular formula is C17H18BrNO5S. The van der Waals surface area contributed by atoms with Crippen LogP contribution in [-0.2, 0) is 10.0 Å². The molecule has 2 aromatic carbocycles. The van der Waals surface area contributed by atoms with Gasteiger partial charge in [0.15, 0.2) is 11.5 Å². The first-order chi connectivity index (χ1) is 11.9. The van der Waals surface area contributed by atoms with Gasteiger partial charge >= 0.3 is 0 Å². The van der Waals surface area contributed by atoms with E-state index in [0.29, 0.717) is 29.2 Å². The highest BCUT2D eigenvalue weighted by atomic mass is 79.9. The normalized spacial score (nSPS) is 14.8. The minimum Gasteiger partial charge on any atom is -0.495 e. The van der Waals surface area contributed by atoms with Crippen molar-refractivity contribution in [3.05, 3.63) is 46.4 Å². The van der Waals surface area contributed by atoms with Gasteiger partial charge < -0.3 is 14.2 Å². The molecule has 134 valence electrons. The average molecular weight is 428 g/mol. The largest absolute Gasteiger partial charge is 0.495 e. The van der Waals surface area contributed by atoms with E-state index in [4.69, 9.17) is 14.2 Å². The maximum atomic E-state index is 12.8. The van der Waals surface area contributed by atoms with Crippen molar-refractivity contribution in [2.75, 3.05) is 20.3 Å². The van der Waals surface area contributed by atoms with Gasteiger partial charge in [0.2, 0.25) is 10.0 Å². The van der Waals surface area contributed by atoms with E-state index in [1.165, 1.54) is 13.2 Å². The van der Waals surface area contributed by atoms with Gasteiger partial charge in [0.05, 0.1) is 7.11 Å². The lowest BCUT2D eigenvalue weighted by Gasteiger charge is -2.21. The summed E-state index contributed by atoms with van der Waals surface area (Å²) >= 11 is 3.29. The Morgan fingerprint density at radius 2 is 1.84 bits per heavy atom. The second kappa shape index (κ2) is 7.23. The summed E-state index contributed by atoms with van der Waals surface area (Å²) in [5.74, 6) is 1.57. The Bertz CT molecular complexity index is 885. The summed E-state index contributed by atoms with van der Waals surface area (Å²) in [5.41, 5.74) is 0.779. The lowest BCUT2D eigenvalue weighted by molar-refractivity contribution is 0.171. The number of nitrogens with one attached hydrogen (secondary N) is 1. The van der Waals surface area contributed by atoms with E-state index in [9.17, 15) is 8.42 Å². The Morgan fingerprint density at radius 3 is 2.56 bits per heavy atom. The van der Waals surface area contributed by atoms with Crippen molar-refractivity contribution in [3.8, 4) is 17.2 Å². The number of fused-ring (bicyclic) bond motifs is 1. The van der Waals surface area contributed by atoms with Gasteiger partial charge in [-0.3, -0.25) is 0 Å². The monoisotopic (exact) mass is 427 g/mol. The van der Waals surface area contributed by atoms with Gasteiger partial charge in [0, 0.05) is 10.5 Å². The van der Waals surface area contributed by atoms with Crippen LogP contribution in [0.25, 0.3) is 0 Å². The summed E-state index contributed by atoms with van der Waals surface area (Å²) < 4.78 is 45.1. The van der Waals surface area contributed by atoms with Gasteiger partial charge in [-0.05, 0) is 42.8 Å². The van der Waals surface area contributed by atoms with Crippen LogP contribution in [0.2, 0.25) is 0 Å². The van der Waals surface area contributed by atoms with Crippen LogP contribution < -0.4 is 18.9 Å². The van der Waals surface area contributed by atoms with E-state index in [1.807, 2.05) is 6.07 Å². The quantitative estimate of drug-likeness (QED) is 0.792. The smallest absolute Gasteiger partial charge is 0.244 e. The highest BCUT2D eigenvalue weighted by Crippen LogP contribution is 2.33. The van der Waals surface area contributed by atoms with Gasteiger partial charge in [0.1, 0.15) is 23.9 Å². The summed E-state index contributed by atoms with van der Waals surface area (Å²) in [6, 6.07) is 9.78. The third-order valence-electron chi connectivity index (χ3n) is 3.81. The zero-order valence-electron chi connectivity index (χ0n) is 13.8. The molecule has 0 aromatic heterocycles. The number of sulfonamides is 1. The molecule has 1 heterocycles. The van der Waals surface area contributed by atoms with Crippen LogP contribution >= 0.6 is 15.9 Å². The number of rotatable bonds is 5. The lowest BCUT2D eigenvalue weighted by Crippen LogP contribution is -2.27. The molecule has 1 unspecified atom stereocenters. The Balaban J connectivity index is 1.87. The van der Waals surface area contributed by atoms with Crippen LogP contribution in [0.1, 0.15) is 18.5 Å². The molecule has 0 spiro atoms. The SMILES string of the molecule is COc1ccc(Br)cc1S(=O)(=O)NC(C)c1ccc2c(c1)OCCO2. The fourth-order valence-corrected chi connectivity index (χ4v) is 4.49. The molecule has 0 fully saturated rings. The summed E-state index contributed by atoms with van der Waals surface area (Å²) in [5, 5.41) is 0. The van der Waals surface area contributed by atoms with Crippen molar-refractivity contribution in [2.24, 2.45) is 0 Å². The van der Waals surface area contributed by atoms with Crippen molar-refractivity contribution < 1.29 is 22.6 Å². The maximum absolute atomic E-state index is 12.8. The molecule has 2 aromatic rings. The molecule has 1 N–H and O–H groups in total. The summed E-state index contributed by atoms with van der Waals surface area (Å²) in [6.45, 7) is 2.76. The molecule has 0 amide bonds. The van der Waals surface area contributed by atoms with Crippen LogP contribution in [0.3, 0.4) is 0 Å². The first-order valence-electron chi connectivity index (χ1n) is 7.66. The summed E-state index contributed by atoms with van der Waals surface area (Å²) in [4.78, 5) is 0.0776. The topological polar surface area (TPSA) is 73.9 Å². The van der Waals surface area contributed by atoms with E-state index >= 15 is 0 Å². The Labute approximate surface area is 155 Å². The second-order valence-electron chi connectivity index (χ2n) is 5.54. The van der Waals surface area contributed by atoms with Crippen molar-refractivity contribution in [2.45, 2.75) is 17.9 Å². The van der Waals surface area contributed by atoms with E-state index in [2.05, 4.69) is 20.7 Å². The van der Waals surface area contributed by atoms with Gasteiger partial charge in [-0.25, -0.2) is 13.1 Å². The van der Waals surface area contributed by atoms with Gasteiger partial charge in [-0.1, -0.05) is 22.0 Å². The Morgan fingerprint density at radius 1 is 1.12 bits per heavy atom. The van der Waals surface area contributed by atoms with Crippen molar-refractivity contribution in [3.63, 3.8) is 0 Å². The highest BCUT2D eigenvalue weighted by Gasteiger charge is 2.24. The minimum absolute atomic E-state index is 0.0776. The highest BCUT2D eigenvalue weighted by molar-refractivity contribution is 9.10. The molecule has 0 radical (unpaired) electrons. The van der Waals surface area contributed by atoms with E-state index in [0.717, 1.165) is 5.56 Å². The first-order valence-corrected chi connectivity index (χ1v) is 9.94. The molecule has 0 saturated heterocycles. The van der Waals surface area contributed by atoms with E-state index < -0.39 is 16.1 Å². The molecule has 0 aliphatic carbocycles. The zero-order valence-corrected chi connectivity index (χ0v) is 16.2. The number of methoxy groups -OCH3 is 1. The minimum atomic E-state index is -3.77. The summed E-state index contributed by atoms with van der Waals surface area (Å²) in [6.07, 6.45) is 0. The van der Waals surface area contributed by atoms with Gasteiger partial charge in [0.25, 0.3) is 0 Å². The number of benzene rings is 2. The number of halogens is 1. The van der Waals surface area contributed by atoms with Crippen molar-refractivity contribution in [1.29, 1.82) is 0 Å². The van der Waals surface area contributed by atoms with Crippen LogP contribution in [0.5, 0.6) is 17.2 Å². The second-order valence-corrected chi connectivity index (χ2v) is 8.14. The predicted octanol–water partition coefficient (Wildman–Crippen LogP) is 3.27. The molecule has 8 heteroatoms. The van der Waals surface area contributed by atoms with E-state index in [1.54, 1.807) is 31.2 Å². The fourth-order valence-electron chi connectivity index (χ4n) is 2.55. The van der Waals surface area contributed by atoms with Gasteiger partial charge in [-0.15, -0.1) is 0 Å². The third-order valence-corrected chi connectivity index (χ3v) is 5.87. The van der Waals surface area contributed by atoms with Gasteiger partial charge in [-0.2, -0.15) is 0 Å². The first kappa shape index (κ1) is 18.0. The molecule has 25 heavy (non-hydrogen) atoms. The van der Waals surface area contributed by atoms with Crippen molar-refractivity contribution in [1.82, 2.24) is 4.72 Å². The number of hydrogen-bond acceptors (Lipinski definition) is 5. The number of hydrogen-bond donors (Lipinski definition) is 1. The molecule has 3 rings (SSSR count). The fraction of sp³-hybridized carbons (Fsp3) is 0.294. The zero-order chi connectivity index (χ0) is 18.0. The third kappa shape index (κ3) is 3.91. The molecule has 1 atom stereocenters. The molecule has 0 bridgehead atoms. The molecule has 1 aliphatic rings. The average Bonchev–Trinajstić information content (AvgIpc) is 2.61. The van der Waals surface area contributed by atoms with Crippen molar-refractivity contribution >= 4 is 26.0 Å². The predicted molar refractivity (Wildman–Crippen MR) is 96.9 cm³/mol. The van der Waals surface area contributed by atoms with Crippen LogP contribution in [-0.4, -0.2) is 28.7 Å². The molecule has 6 nitrogen and oxygen atoms in total. The maximum Gasteiger partial charge on any atom is 0.244 e. The standard InChI is InChI=1S/C17H18BrNO5S/c1-11(12-3-5-14-16(9-12)24-8-7-23-14)19-25(20,21)17-10-13(18)4-6-15(17)22-2/h3-6,9-11,19H,7-8H2,1-2H3. The number of ether oxygens (including phenoxy) is 3. The molecule has 0 saturated carbocycles. The molecule has 1 aliphatic heterocycles.